The van der Waals surface area contributed by atoms with Crippen molar-refractivity contribution in [1.82, 2.24) is 19.8 Å². The van der Waals surface area contributed by atoms with Gasteiger partial charge in [-0.3, -0.25) is 9.80 Å². The number of carbonyl (C=O) groups excluding carboxylic acids is 1. The summed E-state index contributed by atoms with van der Waals surface area (Å²) in [7, 11) is 0. The van der Waals surface area contributed by atoms with E-state index in [1.54, 1.807) is 11.3 Å². The maximum Gasteiger partial charge on any atom is 0.138 e. The normalized spacial score (nSPS) is 20.2. The molecular formula is C24H24ClN5OS. The van der Waals surface area contributed by atoms with E-state index >= 15 is 0 Å². The number of thiophene rings is 1. The van der Waals surface area contributed by atoms with E-state index < -0.39 is 0 Å². The third kappa shape index (κ3) is 4.09. The molecule has 0 saturated carbocycles. The van der Waals surface area contributed by atoms with Crippen LogP contribution in [-0.2, 0) is 17.9 Å². The van der Waals surface area contributed by atoms with Crippen LogP contribution in [-0.4, -0.2) is 51.2 Å². The van der Waals surface area contributed by atoms with Crippen molar-refractivity contribution in [2.45, 2.75) is 32.1 Å². The van der Waals surface area contributed by atoms with Gasteiger partial charge in [-0.1, -0.05) is 17.7 Å². The highest BCUT2D eigenvalue weighted by Gasteiger charge is 2.33. The molecule has 5 rings (SSSR count). The van der Waals surface area contributed by atoms with Crippen LogP contribution in [0.1, 0.15) is 17.4 Å². The molecule has 1 aliphatic heterocycles. The number of benzene rings is 2. The Morgan fingerprint density at radius 2 is 1.97 bits per heavy atom. The summed E-state index contributed by atoms with van der Waals surface area (Å²) in [6.07, 6.45) is 2.57. The second-order valence-corrected chi connectivity index (χ2v) is 9.92. The maximum absolute atomic E-state index is 12.1. The summed E-state index contributed by atoms with van der Waals surface area (Å²) in [4.78, 5) is 26.4. The number of halogens is 1. The quantitative estimate of drug-likeness (QED) is 0.441. The topological polar surface area (TPSA) is 75.3 Å². The fraction of sp³-hybridized carbons (Fsp3) is 0.292. The van der Waals surface area contributed by atoms with Crippen molar-refractivity contribution >= 4 is 56.0 Å². The van der Waals surface area contributed by atoms with Gasteiger partial charge in [0.1, 0.15) is 18.4 Å². The highest BCUT2D eigenvalue weighted by Crippen LogP contribution is 2.30. The van der Waals surface area contributed by atoms with Gasteiger partial charge in [0.2, 0.25) is 0 Å². The van der Waals surface area contributed by atoms with Gasteiger partial charge in [-0.25, -0.2) is 9.97 Å². The molecule has 2 atom stereocenters. The molecule has 32 heavy (non-hydrogen) atoms. The number of nitrogen functional groups attached to an aromatic ring is 1. The highest BCUT2D eigenvalue weighted by molar-refractivity contribution is 7.19. The average Bonchev–Trinajstić information content (AvgIpc) is 3.17. The highest BCUT2D eigenvalue weighted by atomic mass is 35.5. The van der Waals surface area contributed by atoms with Crippen LogP contribution >= 0.6 is 22.9 Å². The molecule has 1 unspecified atom stereocenters. The lowest BCUT2D eigenvalue weighted by molar-refractivity contribution is -0.117. The van der Waals surface area contributed by atoms with Crippen LogP contribution in [0.5, 0.6) is 0 Å². The molecule has 6 nitrogen and oxygen atoms in total. The Bertz CT molecular complexity index is 1290. The average molecular weight is 466 g/mol. The van der Waals surface area contributed by atoms with Crippen LogP contribution in [0.2, 0.25) is 5.02 Å². The first-order valence-electron chi connectivity index (χ1n) is 10.6. The first kappa shape index (κ1) is 21.3. The van der Waals surface area contributed by atoms with E-state index in [0.717, 1.165) is 47.4 Å². The predicted molar refractivity (Wildman–Crippen MR) is 131 cm³/mol. The van der Waals surface area contributed by atoms with Crippen LogP contribution < -0.4 is 5.73 Å². The minimum Gasteiger partial charge on any atom is -0.383 e. The minimum absolute atomic E-state index is 0.119. The zero-order valence-corrected chi connectivity index (χ0v) is 19.3. The zero-order chi connectivity index (χ0) is 22.2. The van der Waals surface area contributed by atoms with Crippen molar-refractivity contribution in [1.29, 1.82) is 0 Å². The number of hydrogen-bond donors (Lipinski definition) is 1. The summed E-state index contributed by atoms with van der Waals surface area (Å²) in [5, 5.41) is 2.79. The lowest BCUT2D eigenvalue weighted by Crippen LogP contribution is -2.58. The molecule has 1 fully saturated rings. The summed E-state index contributed by atoms with van der Waals surface area (Å²) >= 11 is 7.93. The Balaban J connectivity index is 1.31. The summed E-state index contributed by atoms with van der Waals surface area (Å²) in [5.41, 5.74) is 7.89. The van der Waals surface area contributed by atoms with E-state index in [2.05, 4.69) is 38.8 Å². The van der Waals surface area contributed by atoms with Crippen molar-refractivity contribution in [3.05, 3.63) is 64.3 Å². The van der Waals surface area contributed by atoms with Crippen LogP contribution in [0, 0.1) is 0 Å². The van der Waals surface area contributed by atoms with E-state index in [-0.39, 0.29) is 12.1 Å². The van der Waals surface area contributed by atoms with Gasteiger partial charge in [0.05, 0.1) is 11.6 Å². The number of fused-ring (bicyclic) bond motifs is 2. The molecule has 0 spiro atoms. The van der Waals surface area contributed by atoms with Crippen molar-refractivity contribution in [2.24, 2.45) is 0 Å². The van der Waals surface area contributed by atoms with Crippen LogP contribution in [0.15, 0.2) is 48.8 Å². The van der Waals surface area contributed by atoms with Crippen LogP contribution in [0.25, 0.3) is 21.0 Å². The number of nitrogens with zero attached hydrogens (tertiary/aromatic N) is 4. The number of hydrogen-bond acceptors (Lipinski definition) is 7. The van der Waals surface area contributed by atoms with E-state index in [1.807, 2.05) is 30.3 Å². The lowest BCUT2D eigenvalue weighted by Gasteiger charge is -2.44. The SMILES string of the molecule is C[C@H]1C(C=O)N(Cc2ccc3c(N)ncnc3c2)CCN1Cc1cc2cc(Cl)ccc2s1. The molecule has 0 bridgehead atoms. The molecule has 164 valence electrons. The number of nitrogens with two attached hydrogens (primary N) is 1. The molecule has 2 N–H and O–H groups in total. The van der Waals surface area contributed by atoms with E-state index in [0.29, 0.717) is 12.4 Å². The summed E-state index contributed by atoms with van der Waals surface area (Å²) in [5.74, 6) is 0.484. The van der Waals surface area contributed by atoms with E-state index in [4.69, 9.17) is 17.3 Å². The molecule has 1 saturated heterocycles. The molecular weight excluding hydrogens is 442 g/mol. The Morgan fingerprint density at radius 3 is 2.81 bits per heavy atom. The lowest BCUT2D eigenvalue weighted by atomic mass is 10.0. The molecule has 3 heterocycles. The van der Waals surface area contributed by atoms with Gasteiger partial charge in [-0.05, 0) is 54.3 Å². The van der Waals surface area contributed by atoms with Gasteiger partial charge in [-0.15, -0.1) is 11.3 Å². The molecule has 1 aliphatic rings. The predicted octanol–water partition coefficient (Wildman–Crippen LogP) is 4.35. The van der Waals surface area contributed by atoms with Gasteiger partial charge in [0.25, 0.3) is 0 Å². The number of rotatable bonds is 5. The fourth-order valence-electron chi connectivity index (χ4n) is 4.54. The summed E-state index contributed by atoms with van der Waals surface area (Å²) < 4.78 is 1.24. The molecule has 2 aromatic heterocycles. The number of anilines is 1. The standard InChI is InChI=1S/C24H24ClN5OS/c1-15-22(13-31)30(11-16-2-4-20-21(8-16)27-14-28-24(20)26)7-6-29(15)12-19-10-17-9-18(25)3-5-23(17)32-19/h2-5,8-10,13-15,22H,6-7,11-12H2,1H3,(H2,26,27,28)/t15-,22?/m0/s1. The van der Waals surface area contributed by atoms with Crippen LogP contribution in [0.3, 0.4) is 0 Å². The third-order valence-corrected chi connectivity index (χ3v) is 7.65. The van der Waals surface area contributed by atoms with E-state index in [1.165, 1.54) is 21.3 Å². The maximum atomic E-state index is 12.1. The molecule has 2 aromatic carbocycles. The Labute approximate surface area is 195 Å². The monoisotopic (exact) mass is 465 g/mol. The fourth-order valence-corrected chi connectivity index (χ4v) is 5.79. The van der Waals surface area contributed by atoms with Gasteiger partial charge in [0, 0.05) is 52.2 Å². The third-order valence-electron chi connectivity index (χ3n) is 6.31. The molecule has 0 radical (unpaired) electrons. The van der Waals surface area contributed by atoms with Gasteiger partial charge in [-0.2, -0.15) is 0 Å². The second kappa shape index (κ2) is 8.75. The van der Waals surface area contributed by atoms with Gasteiger partial charge < -0.3 is 10.5 Å². The molecule has 0 aliphatic carbocycles. The first-order valence-corrected chi connectivity index (χ1v) is 11.8. The van der Waals surface area contributed by atoms with Crippen molar-refractivity contribution in [2.75, 3.05) is 18.8 Å². The number of aromatic nitrogens is 2. The number of carbonyl (C=O) groups is 1. The Morgan fingerprint density at radius 1 is 1.12 bits per heavy atom. The van der Waals surface area contributed by atoms with Crippen molar-refractivity contribution in [3.63, 3.8) is 0 Å². The number of aldehydes is 1. The molecule has 8 heteroatoms. The first-order chi connectivity index (χ1) is 15.5. The molecule has 4 aromatic rings. The zero-order valence-electron chi connectivity index (χ0n) is 17.7. The van der Waals surface area contributed by atoms with Crippen LogP contribution in [0.4, 0.5) is 5.82 Å². The molecule has 0 amide bonds. The largest absolute Gasteiger partial charge is 0.383 e. The minimum atomic E-state index is -0.168. The van der Waals surface area contributed by atoms with Crippen molar-refractivity contribution < 1.29 is 4.79 Å². The Hall–Kier alpha value is -2.58. The number of piperazine rings is 1. The smallest absolute Gasteiger partial charge is 0.138 e. The Kier molecular flexibility index (Phi) is 5.82. The summed E-state index contributed by atoms with van der Waals surface area (Å²) in [6.45, 7) is 5.41. The van der Waals surface area contributed by atoms with Crippen molar-refractivity contribution in [3.8, 4) is 0 Å². The van der Waals surface area contributed by atoms with E-state index in [9.17, 15) is 4.79 Å². The van der Waals surface area contributed by atoms with Gasteiger partial charge in [0.15, 0.2) is 0 Å². The second-order valence-electron chi connectivity index (χ2n) is 8.31. The van der Waals surface area contributed by atoms with Gasteiger partial charge >= 0.3 is 0 Å². The summed E-state index contributed by atoms with van der Waals surface area (Å²) in [6, 6.07) is 14.2.